The van der Waals surface area contributed by atoms with Gasteiger partial charge >= 0.3 is 6.03 Å². The third-order valence-electron chi connectivity index (χ3n) is 4.18. The zero-order valence-electron chi connectivity index (χ0n) is 15.6. The highest BCUT2D eigenvalue weighted by atomic mass is 35.5. The highest BCUT2D eigenvalue weighted by Gasteiger charge is 2.33. The van der Waals surface area contributed by atoms with E-state index in [-0.39, 0.29) is 18.6 Å². The third kappa shape index (κ3) is 4.96. The lowest BCUT2D eigenvalue weighted by Crippen LogP contribution is -2.42. The van der Waals surface area contributed by atoms with Crippen molar-refractivity contribution < 1.29 is 14.3 Å². The van der Waals surface area contributed by atoms with E-state index < -0.39 is 17.2 Å². The zero-order chi connectivity index (χ0) is 20.3. The Morgan fingerprint density at radius 3 is 2.68 bits per heavy atom. The van der Waals surface area contributed by atoms with Crippen LogP contribution in [0.1, 0.15) is 38.6 Å². The highest BCUT2D eigenvalue weighted by molar-refractivity contribution is 8.00. The number of halogens is 1. The number of hydrogen-bond donors (Lipinski definition) is 2. The molecule has 1 heterocycles. The second kappa shape index (κ2) is 8.83. The minimum atomic E-state index is -0.867. The first kappa shape index (κ1) is 20.5. The number of rotatable bonds is 8. The lowest BCUT2D eigenvalue weighted by molar-refractivity contribution is -0.120. The zero-order valence-corrected chi connectivity index (χ0v) is 17.2. The maximum absolute atomic E-state index is 12.3. The average molecular weight is 424 g/mol. The number of urea groups is 1. The number of imide groups is 1. The van der Waals surface area contributed by atoms with Crippen LogP contribution in [-0.4, -0.2) is 32.0 Å². The quantitative estimate of drug-likeness (QED) is 0.630. The van der Waals surface area contributed by atoms with Gasteiger partial charge in [0, 0.05) is 6.04 Å². The number of ether oxygens (including phenoxy) is 1. The minimum absolute atomic E-state index is 0.0310. The molecule has 0 spiro atoms. The molecule has 10 heteroatoms. The van der Waals surface area contributed by atoms with Crippen molar-refractivity contribution >= 4 is 35.3 Å². The van der Waals surface area contributed by atoms with Gasteiger partial charge in [-0.3, -0.25) is 14.7 Å². The van der Waals surface area contributed by atoms with E-state index in [9.17, 15) is 9.59 Å². The van der Waals surface area contributed by atoms with E-state index in [1.165, 1.54) is 11.8 Å². The van der Waals surface area contributed by atoms with Crippen molar-refractivity contribution in [1.29, 1.82) is 0 Å². The maximum Gasteiger partial charge on any atom is 0.318 e. The fourth-order valence-electron chi connectivity index (χ4n) is 2.69. The molecular formula is C18H22ClN5O3S. The van der Waals surface area contributed by atoms with Crippen LogP contribution in [0.15, 0.2) is 29.4 Å². The molecule has 28 heavy (non-hydrogen) atoms. The summed E-state index contributed by atoms with van der Waals surface area (Å²) in [6.07, 6.45) is 2.04. The van der Waals surface area contributed by atoms with Crippen LogP contribution in [-0.2, 0) is 11.4 Å². The van der Waals surface area contributed by atoms with Crippen LogP contribution in [0.3, 0.4) is 0 Å². The first-order valence-electron chi connectivity index (χ1n) is 8.95. The van der Waals surface area contributed by atoms with Crippen molar-refractivity contribution in [2.45, 2.75) is 49.7 Å². The van der Waals surface area contributed by atoms with Crippen LogP contribution in [0.5, 0.6) is 5.75 Å². The Balaban J connectivity index is 1.77. The van der Waals surface area contributed by atoms with E-state index in [2.05, 4.69) is 15.5 Å². The van der Waals surface area contributed by atoms with Gasteiger partial charge in [-0.1, -0.05) is 49.3 Å². The third-order valence-corrected chi connectivity index (χ3v) is 6.00. The molecule has 3 rings (SSSR count). The molecule has 1 aromatic carbocycles. The van der Waals surface area contributed by atoms with Crippen molar-refractivity contribution in [1.82, 2.24) is 20.1 Å². The van der Waals surface area contributed by atoms with E-state index in [1.54, 1.807) is 12.1 Å². The molecule has 0 saturated heterocycles. The molecule has 0 aliphatic heterocycles. The average Bonchev–Trinajstić information content (AvgIpc) is 3.38. The largest absolute Gasteiger partial charge is 0.484 e. The van der Waals surface area contributed by atoms with E-state index in [4.69, 9.17) is 22.1 Å². The SMILES string of the molecule is CC(C)[C@@H](Sc1nnc(COc2ccccc2Cl)n1C1CC1)C(=O)NC(N)=O. The van der Waals surface area contributed by atoms with Gasteiger partial charge in [0.25, 0.3) is 0 Å². The lowest BCUT2D eigenvalue weighted by Gasteiger charge is -2.19. The summed E-state index contributed by atoms with van der Waals surface area (Å²) >= 11 is 7.41. The Morgan fingerprint density at radius 2 is 2.07 bits per heavy atom. The number of amides is 3. The molecule has 1 saturated carbocycles. The Labute approximate surface area is 172 Å². The normalized spacial score (nSPS) is 14.7. The van der Waals surface area contributed by atoms with Gasteiger partial charge in [0.2, 0.25) is 5.91 Å². The fraction of sp³-hybridized carbons (Fsp3) is 0.444. The van der Waals surface area contributed by atoms with Gasteiger partial charge in [-0.15, -0.1) is 10.2 Å². The van der Waals surface area contributed by atoms with Crippen LogP contribution >= 0.6 is 23.4 Å². The number of thioether (sulfide) groups is 1. The van der Waals surface area contributed by atoms with Crippen LogP contribution in [0.4, 0.5) is 4.79 Å². The molecule has 1 fully saturated rings. The predicted molar refractivity (Wildman–Crippen MR) is 106 cm³/mol. The van der Waals surface area contributed by atoms with Gasteiger partial charge in [0.05, 0.1) is 10.3 Å². The lowest BCUT2D eigenvalue weighted by atomic mass is 10.1. The number of para-hydroxylation sites is 1. The van der Waals surface area contributed by atoms with Crippen molar-refractivity contribution in [2.24, 2.45) is 11.7 Å². The summed E-state index contributed by atoms with van der Waals surface area (Å²) in [5.41, 5.74) is 5.08. The molecule has 150 valence electrons. The van der Waals surface area contributed by atoms with Crippen molar-refractivity contribution in [2.75, 3.05) is 0 Å². The number of nitrogens with zero attached hydrogens (tertiary/aromatic N) is 3. The second-order valence-electron chi connectivity index (χ2n) is 6.86. The number of primary amides is 1. The molecule has 1 aromatic heterocycles. The molecule has 0 bridgehead atoms. The number of nitrogens with one attached hydrogen (secondary N) is 1. The van der Waals surface area contributed by atoms with Crippen molar-refractivity contribution in [3.63, 3.8) is 0 Å². The van der Waals surface area contributed by atoms with E-state index >= 15 is 0 Å². The Morgan fingerprint density at radius 1 is 1.36 bits per heavy atom. The molecule has 3 amide bonds. The topological polar surface area (TPSA) is 112 Å². The number of carbonyl (C=O) groups excluding carboxylic acids is 2. The summed E-state index contributed by atoms with van der Waals surface area (Å²) in [6.45, 7) is 4.02. The molecule has 0 radical (unpaired) electrons. The molecule has 2 aromatic rings. The van der Waals surface area contributed by atoms with Crippen LogP contribution < -0.4 is 15.8 Å². The predicted octanol–water partition coefficient (Wildman–Crippen LogP) is 3.16. The first-order valence-corrected chi connectivity index (χ1v) is 10.2. The highest BCUT2D eigenvalue weighted by Crippen LogP contribution is 2.40. The summed E-state index contributed by atoms with van der Waals surface area (Å²) in [5, 5.41) is 11.3. The van der Waals surface area contributed by atoms with Crippen LogP contribution in [0, 0.1) is 5.92 Å². The first-order chi connectivity index (χ1) is 13.4. The number of benzene rings is 1. The smallest absolute Gasteiger partial charge is 0.318 e. The van der Waals surface area contributed by atoms with Gasteiger partial charge in [-0.2, -0.15) is 0 Å². The Kier molecular flexibility index (Phi) is 6.46. The van der Waals surface area contributed by atoms with Gasteiger partial charge < -0.3 is 10.5 Å². The number of nitrogens with two attached hydrogens (primary N) is 1. The maximum atomic E-state index is 12.3. The summed E-state index contributed by atoms with van der Waals surface area (Å²) in [6, 6.07) is 6.65. The second-order valence-corrected chi connectivity index (χ2v) is 8.37. The number of hydrogen-bond acceptors (Lipinski definition) is 6. The summed E-state index contributed by atoms with van der Waals surface area (Å²) in [5.74, 6) is 0.774. The van der Waals surface area contributed by atoms with Gasteiger partial charge in [0.1, 0.15) is 12.4 Å². The minimum Gasteiger partial charge on any atom is -0.484 e. The monoisotopic (exact) mass is 423 g/mol. The molecule has 8 nitrogen and oxygen atoms in total. The van der Waals surface area contributed by atoms with E-state index in [1.807, 2.05) is 30.5 Å². The Hall–Kier alpha value is -2.26. The molecule has 3 N–H and O–H groups in total. The van der Waals surface area contributed by atoms with E-state index in [0.717, 1.165) is 12.8 Å². The standard InChI is InChI=1S/C18H22ClN5O3S/c1-10(2)15(16(25)21-17(20)26)28-18-23-22-14(24(18)11-7-8-11)9-27-13-6-4-3-5-12(13)19/h3-6,10-11,15H,7-9H2,1-2H3,(H3,20,21,25,26)/t15-/m1/s1. The summed E-state index contributed by atoms with van der Waals surface area (Å²) in [4.78, 5) is 23.4. The summed E-state index contributed by atoms with van der Waals surface area (Å²) in [7, 11) is 0. The van der Waals surface area contributed by atoms with Crippen LogP contribution in [0.25, 0.3) is 0 Å². The molecule has 1 aliphatic rings. The fourth-order valence-corrected chi connectivity index (χ4v) is 4.00. The summed E-state index contributed by atoms with van der Waals surface area (Å²) < 4.78 is 7.81. The molecule has 1 aliphatic carbocycles. The van der Waals surface area contributed by atoms with Gasteiger partial charge in [-0.05, 0) is 30.9 Å². The molecule has 1 atom stereocenters. The van der Waals surface area contributed by atoms with Gasteiger partial charge in [0.15, 0.2) is 11.0 Å². The molecule has 0 unspecified atom stereocenters. The Bertz CT molecular complexity index is 869. The number of carbonyl (C=O) groups is 2. The van der Waals surface area contributed by atoms with E-state index in [0.29, 0.717) is 21.8 Å². The van der Waals surface area contributed by atoms with Crippen LogP contribution in [0.2, 0.25) is 5.02 Å². The molecular weight excluding hydrogens is 402 g/mol. The number of aromatic nitrogens is 3. The van der Waals surface area contributed by atoms with Gasteiger partial charge in [-0.25, -0.2) is 4.79 Å². The van der Waals surface area contributed by atoms with Crippen molar-refractivity contribution in [3.8, 4) is 5.75 Å². The van der Waals surface area contributed by atoms with Crippen molar-refractivity contribution in [3.05, 3.63) is 35.1 Å².